The molecule has 2 bridgehead atoms. The predicted molar refractivity (Wildman–Crippen MR) is 69.2 cm³/mol. The highest BCUT2D eigenvalue weighted by Gasteiger charge is 2.47. The van der Waals surface area contributed by atoms with Crippen molar-refractivity contribution in [2.75, 3.05) is 13.1 Å². The van der Waals surface area contributed by atoms with Crippen molar-refractivity contribution in [1.82, 2.24) is 10.6 Å². The first-order chi connectivity index (χ1) is 8.62. The van der Waals surface area contributed by atoms with Crippen molar-refractivity contribution in [2.24, 2.45) is 11.3 Å². The van der Waals surface area contributed by atoms with Gasteiger partial charge in [-0.05, 0) is 38.1 Å². The van der Waals surface area contributed by atoms with Gasteiger partial charge in [0.2, 0.25) is 5.91 Å². The van der Waals surface area contributed by atoms with Crippen LogP contribution in [0, 0.1) is 11.3 Å². The van der Waals surface area contributed by atoms with Crippen LogP contribution in [0.25, 0.3) is 0 Å². The lowest BCUT2D eigenvalue weighted by Gasteiger charge is -2.33. The maximum absolute atomic E-state index is 12.6. The van der Waals surface area contributed by atoms with Gasteiger partial charge in [0, 0.05) is 6.54 Å². The second kappa shape index (κ2) is 4.49. The number of nitrogens with one attached hydrogen (secondary N) is 2. The summed E-state index contributed by atoms with van der Waals surface area (Å²) < 4.78 is 5.81. The third-order valence-electron chi connectivity index (χ3n) is 5.17. The summed E-state index contributed by atoms with van der Waals surface area (Å²) in [6, 6.07) is 0.257. The van der Waals surface area contributed by atoms with Gasteiger partial charge in [-0.1, -0.05) is 13.8 Å². The van der Waals surface area contributed by atoms with E-state index in [0.717, 1.165) is 32.4 Å². The summed E-state index contributed by atoms with van der Waals surface area (Å²) in [6.07, 6.45) is 4.93. The van der Waals surface area contributed by atoms with Crippen LogP contribution in [-0.2, 0) is 9.53 Å². The third kappa shape index (κ3) is 1.86. The molecule has 4 heteroatoms. The van der Waals surface area contributed by atoms with Crippen LogP contribution in [0.5, 0.6) is 0 Å². The minimum Gasteiger partial charge on any atom is -0.373 e. The summed E-state index contributed by atoms with van der Waals surface area (Å²) >= 11 is 0. The first-order valence-electron chi connectivity index (χ1n) is 7.29. The van der Waals surface area contributed by atoms with E-state index in [9.17, 15) is 4.79 Å². The van der Waals surface area contributed by atoms with Crippen LogP contribution in [0.15, 0.2) is 0 Å². The van der Waals surface area contributed by atoms with Crippen molar-refractivity contribution in [3.05, 3.63) is 0 Å². The average Bonchev–Trinajstić information content (AvgIpc) is 3.05. The average molecular weight is 252 g/mol. The fourth-order valence-corrected chi connectivity index (χ4v) is 3.76. The van der Waals surface area contributed by atoms with Crippen molar-refractivity contribution < 1.29 is 9.53 Å². The zero-order valence-corrected chi connectivity index (χ0v) is 11.4. The topological polar surface area (TPSA) is 50.4 Å². The fraction of sp³-hybridized carbons (Fsp3) is 0.929. The lowest BCUT2D eigenvalue weighted by atomic mass is 9.75. The second-order valence-corrected chi connectivity index (χ2v) is 6.43. The molecule has 0 aromatic rings. The highest BCUT2D eigenvalue weighted by Crippen LogP contribution is 2.37. The summed E-state index contributed by atoms with van der Waals surface area (Å²) in [5.41, 5.74) is -0.207. The molecule has 0 spiro atoms. The molecule has 4 nitrogen and oxygen atoms in total. The van der Waals surface area contributed by atoms with E-state index in [0.29, 0.717) is 12.0 Å². The van der Waals surface area contributed by atoms with Gasteiger partial charge in [-0.15, -0.1) is 0 Å². The Morgan fingerprint density at radius 1 is 1.44 bits per heavy atom. The number of ether oxygens (including phenoxy) is 1. The number of hydrogen-bond donors (Lipinski definition) is 2. The Balaban J connectivity index is 1.67. The molecule has 3 aliphatic rings. The number of rotatable bonds is 3. The van der Waals surface area contributed by atoms with Crippen LogP contribution >= 0.6 is 0 Å². The van der Waals surface area contributed by atoms with Gasteiger partial charge in [0.25, 0.3) is 0 Å². The maximum Gasteiger partial charge on any atom is 0.228 e. The van der Waals surface area contributed by atoms with Gasteiger partial charge < -0.3 is 15.4 Å². The summed E-state index contributed by atoms with van der Waals surface area (Å²) in [4.78, 5) is 12.6. The number of hydrogen-bond acceptors (Lipinski definition) is 3. The van der Waals surface area contributed by atoms with Crippen LogP contribution in [0.4, 0.5) is 0 Å². The smallest absolute Gasteiger partial charge is 0.228 e. The molecule has 102 valence electrons. The molecule has 0 aliphatic carbocycles. The zero-order valence-electron chi connectivity index (χ0n) is 11.4. The molecule has 2 N–H and O–H groups in total. The normalized spacial score (nSPS) is 42.7. The molecule has 0 radical (unpaired) electrons. The number of fused-ring (bicyclic) bond motifs is 2. The first-order valence-corrected chi connectivity index (χ1v) is 7.29. The van der Waals surface area contributed by atoms with Gasteiger partial charge in [-0.25, -0.2) is 0 Å². The van der Waals surface area contributed by atoms with E-state index < -0.39 is 0 Å². The van der Waals surface area contributed by atoms with Gasteiger partial charge in [-0.2, -0.15) is 0 Å². The molecule has 0 aromatic heterocycles. The van der Waals surface area contributed by atoms with Crippen LogP contribution in [0.2, 0.25) is 0 Å². The number of carbonyl (C=O) groups is 1. The Morgan fingerprint density at radius 2 is 2.28 bits per heavy atom. The summed E-state index contributed by atoms with van der Waals surface area (Å²) in [6.45, 7) is 6.09. The third-order valence-corrected chi connectivity index (χ3v) is 5.17. The van der Waals surface area contributed by atoms with Crippen LogP contribution < -0.4 is 10.6 Å². The minimum absolute atomic E-state index is 0.207. The summed E-state index contributed by atoms with van der Waals surface area (Å²) in [5.74, 6) is 0.621. The Morgan fingerprint density at radius 3 is 2.78 bits per heavy atom. The van der Waals surface area contributed by atoms with Crippen molar-refractivity contribution >= 4 is 5.91 Å². The molecule has 1 amide bonds. The maximum atomic E-state index is 12.6. The molecular formula is C14H24N2O2. The van der Waals surface area contributed by atoms with Crippen LogP contribution in [0.3, 0.4) is 0 Å². The van der Waals surface area contributed by atoms with Crippen molar-refractivity contribution in [3.8, 4) is 0 Å². The van der Waals surface area contributed by atoms with E-state index in [1.165, 1.54) is 6.42 Å². The number of carbonyl (C=O) groups excluding carboxylic acids is 1. The molecule has 0 saturated carbocycles. The van der Waals surface area contributed by atoms with E-state index in [2.05, 4.69) is 24.5 Å². The highest BCUT2D eigenvalue weighted by molar-refractivity contribution is 5.84. The molecule has 18 heavy (non-hydrogen) atoms. The second-order valence-electron chi connectivity index (χ2n) is 6.43. The minimum atomic E-state index is -0.207. The first kappa shape index (κ1) is 12.4. The van der Waals surface area contributed by atoms with E-state index in [-0.39, 0.29) is 23.5 Å². The van der Waals surface area contributed by atoms with E-state index in [1.807, 2.05) is 0 Å². The van der Waals surface area contributed by atoms with Gasteiger partial charge in [0.1, 0.15) is 0 Å². The van der Waals surface area contributed by atoms with E-state index in [4.69, 9.17) is 4.74 Å². The van der Waals surface area contributed by atoms with Gasteiger partial charge >= 0.3 is 0 Å². The molecule has 4 unspecified atom stereocenters. The van der Waals surface area contributed by atoms with E-state index >= 15 is 0 Å². The fourth-order valence-electron chi connectivity index (χ4n) is 3.76. The van der Waals surface area contributed by atoms with Gasteiger partial charge in [0.05, 0.1) is 23.7 Å². The monoisotopic (exact) mass is 252 g/mol. The molecule has 3 rings (SSSR count). The quantitative estimate of drug-likeness (QED) is 0.789. The Kier molecular flexibility index (Phi) is 3.10. The van der Waals surface area contributed by atoms with Gasteiger partial charge in [-0.3, -0.25) is 4.79 Å². The van der Waals surface area contributed by atoms with Crippen LogP contribution in [-0.4, -0.2) is 37.2 Å². The zero-order chi connectivity index (χ0) is 12.8. The largest absolute Gasteiger partial charge is 0.373 e. The highest BCUT2D eigenvalue weighted by atomic mass is 16.5. The molecule has 3 saturated heterocycles. The molecule has 3 aliphatic heterocycles. The Bertz CT molecular complexity index is 337. The van der Waals surface area contributed by atoms with Crippen LogP contribution in [0.1, 0.15) is 39.5 Å². The molecule has 4 atom stereocenters. The number of amides is 1. The molecule has 0 aromatic carbocycles. The SMILES string of the molecule is CC(C)C1(C(=O)NC2CC3CCC2O3)CCNC1. The lowest BCUT2D eigenvalue weighted by Crippen LogP contribution is -2.51. The van der Waals surface area contributed by atoms with Crippen molar-refractivity contribution in [2.45, 2.75) is 57.8 Å². The summed E-state index contributed by atoms with van der Waals surface area (Å²) in [5, 5.41) is 6.61. The van der Waals surface area contributed by atoms with Gasteiger partial charge in [0.15, 0.2) is 0 Å². The van der Waals surface area contributed by atoms with E-state index in [1.54, 1.807) is 0 Å². The standard InChI is InChI=1S/C14H24N2O2/c1-9(2)14(5-6-15-8-14)13(17)16-11-7-10-3-4-12(11)18-10/h9-12,15H,3-8H2,1-2H3,(H,16,17). The summed E-state index contributed by atoms with van der Waals surface area (Å²) in [7, 11) is 0. The lowest BCUT2D eigenvalue weighted by molar-refractivity contribution is -0.133. The molecule has 3 heterocycles. The Labute approximate surface area is 109 Å². The van der Waals surface area contributed by atoms with Crippen molar-refractivity contribution in [3.63, 3.8) is 0 Å². The molecule has 3 fully saturated rings. The Hall–Kier alpha value is -0.610. The predicted octanol–water partition coefficient (Wildman–Crippen LogP) is 1.06. The molecular weight excluding hydrogens is 228 g/mol. The van der Waals surface area contributed by atoms with Crippen molar-refractivity contribution in [1.29, 1.82) is 0 Å².